The van der Waals surface area contributed by atoms with Crippen molar-refractivity contribution in [3.63, 3.8) is 0 Å². The minimum Gasteiger partial charge on any atom is -0.392 e. The Hall–Kier alpha value is -1.20. The number of hydrogen-bond donors (Lipinski definition) is 2. The van der Waals surface area contributed by atoms with Gasteiger partial charge in [-0.05, 0) is 38.0 Å². The molecule has 0 radical (unpaired) electrons. The van der Waals surface area contributed by atoms with Crippen LogP contribution in [0.15, 0.2) is 12.4 Å². The summed E-state index contributed by atoms with van der Waals surface area (Å²) in [4.78, 5) is 11.3. The van der Waals surface area contributed by atoms with Crippen molar-refractivity contribution in [3.8, 4) is 0 Å². The summed E-state index contributed by atoms with van der Waals surface area (Å²) in [5, 5.41) is 12.9. The smallest absolute Gasteiger partial charge is 0.147 e. The molecule has 1 saturated heterocycles. The van der Waals surface area contributed by atoms with Gasteiger partial charge in [-0.3, -0.25) is 4.98 Å². The van der Waals surface area contributed by atoms with Gasteiger partial charge in [0.15, 0.2) is 0 Å². The summed E-state index contributed by atoms with van der Waals surface area (Å²) in [6.45, 7) is 7.15. The summed E-state index contributed by atoms with van der Waals surface area (Å²) in [5.74, 6) is 1.80. The predicted molar refractivity (Wildman–Crippen MR) is 94.6 cm³/mol. The van der Waals surface area contributed by atoms with Crippen LogP contribution in [0.4, 0.5) is 5.82 Å². The van der Waals surface area contributed by atoms with Gasteiger partial charge in [-0.25, -0.2) is 4.98 Å². The standard InChI is InChI=1S/C14H22N4O.C4H10/c1-18(10-3-2-4-10)14-9-15-8-13(17-14)12-6-5-11(19)7-16-12;1-4(2)3/h8-12,16,19H,2-7H2,1H3;4H,1-3H3. The Morgan fingerprint density at radius 2 is 1.87 bits per heavy atom. The van der Waals surface area contributed by atoms with Gasteiger partial charge >= 0.3 is 0 Å². The molecule has 1 aliphatic carbocycles. The van der Waals surface area contributed by atoms with E-state index in [0.29, 0.717) is 12.6 Å². The zero-order valence-corrected chi connectivity index (χ0v) is 15.0. The second-order valence-corrected chi connectivity index (χ2v) is 7.42. The summed E-state index contributed by atoms with van der Waals surface area (Å²) >= 11 is 0. The molecule has 2 unspecified atom stereocenters. The maximum absolute atomic E-state index is 9.52. The predicted octanol–water partition coefficient (Wildman–Crippen LogP) is 2.91. The van der Waals surface area contributed by atoms with E-state index < -0.39 is 0 Å². The summed E-state index contributed by atoms with van der Waals surface area (Å²) in [6, 6.07) is 0.858. The number of nitrogens with zero attached hydrogens (tertiary/aromatic N) is 3. The molecule has 0 amide bonds. The lowest BCUT2D eigenvalue weighted by atomic mass is 9.92. The first-order valence-corrected chi connectivity index (χ1v) is 8.93. The number of nitrogens with one attached hydrogen (secondary N) is 1. The number of piperidine rings is 1. The Morgan fingerprint density at radius 3 is 2.39 bits per heavy atom. The highest BCUT2D eigenvalue weighted by Crippen LogP contribution is 2.28. The van der Waals surface area contributed by atoms with Crippen molar-refractivity contribution in [2.24, 2.45) is 5.92 Å². The average molecular weight is 320 g/mol. The lowest BCUT2D eigenvalue weighted by Gasteiger charge is -2.35. The third-order valence-electron chi connectivity index (χ3n) is 4.37. The van der Waals surface area contributed by atoms with Crippen LogP contribution in [0.2, 0.25) is 0 Å². The highest BCUT2D eigenvalue weighted by molar-refractivity contribution is 5.37. The molecule has 130 valence electrons. The lowest BCUT2D eigenvalue weighted by Crippen LogP contribution is -2.39. The maximum atomic E-state index is 9.52. The third-order valence-corrected chi connectivity index (χ3v) is 4.37. The monoisotopic (exact) mass is 320 g/mol. The van der Waals surface area contributed by atoms with E-state index in [1.807, 2.05) is 12.4 Å². The van der Waals surface area contributed by atoms with Crippen LogP contribution in [-0.4, -0.2) is 40.8 Å². The number of aromatic nitrogens is 2. The number of β-amino-alcohol motifs (C(OH)–C–C–N with tert-alkyl or cyclic N) is 1. The Kier molecular flexibility index (Phi) is 6.78. The molecule has 1 aromatic rings. The van der Waals surface area contributed by atoms with Gasteiger partial charge in [0, 0.05) is 19.6 Å². The van der Waals surface area contributed by atoms with E-state index in [0.717, 1.165) is 30.3 Å². The normalized spacial score (nSPS) is 24.6. The molecule has 23 heavy (non-hydrogen) atoms. The molecule has 5 nitrogen and oxygen atoms in total. The van der Waals surface area contributed by atoms with Gasteiger partial charge in [0.1, 0.15) is 5.82 Å². The van der Waals surface area contributed by atoms with E-state index >= 15 is 0 Å². The molecule has 2 N–H and O–H groups in total. The van der Waals surface area contributed by atoms with Crippen molar-refractivity contribution in [1.29, 1.82) is 0 Å². The van der Waals surface area contributed by atoms with E-state index in [-0.39, 0.29) is 12.1 Å². The van der Waals surface area contributed by atoms with Crippen LogP contribution >= 0.6 is 0 Å². The topological polar surface area (TPSA) is 61.3 Å². The summed E-state index contributed by atoms with van der Waals surface area (Å²) in [6.07, 6.45) is 9.07. The van der Waals surface area contributed by atoms with E-state index in [1.54, 1.807) is 0 Å². The lowest BCUT2D eigenvalue weighted by molar-refractivity contribution is 0.125. The van der Waals surface area contributed by atoms with Crippen molar-refractivity contribution in [3.05, 3.63) is 18.1 Å². The Morgan fingerprint density at radius 1 is 1.17 bits per heavy atom. The SMILES string of the molecule is CC(C)C.CN(c1cncc(C2CCC(O)CN2)n1)C1CCC1. The Labute approximate surface area is 140 Å². The summed E-state index contributed by atoms with van der Waals surface area (Å²) in [5.41, 5.74) is 0.996. The van der Waals surface area contributed by atoms with Crippen molar-refractivity contribution < 1.29 is 5.11 Å². The number of aliphatic hydroxyl groups excluding tert-OH is 1. The van der Waals surface area contributed by atoms with Crippen LogP contribution in [0, 0.1) is 5.92 Å². The molecule has 1 saturated carbocycles. The molecule has 2 fully saturated rings. The van der Waals surface area contributed by atoms with Gasteiger partial charge < -0.3 is 15.3 Å². The Bertz CT molecular complexity index is 465. The van der Waals surface area contributed by atoms with Gasteiger partial charge in [-0.1, -0.05) is 20.8 Å². The van der Waals surface area contributed by atoms with Crippen LogP contribution in [0.3, 0.4) is 0 Å². The minimum absolute atomic E-state index is 0.218. The molecule has 0 bridgehead atoms. The number of rotatable bonds is 3. The van der Waals surface area contributed by atoms with Gasteiger partial charge in [-0.2, -0.15) is 0 Å². The third kappa shape index (κ3) is 5.43. The van der Waals surface area contributed by atoms with E-state index in [9.17, 15) is 5.11 Å². The molecule has 2 atom stereocenters. The zero-order chi connectivity index (χ0) is 16.8. The maximum Gasteiger partial charge on any atom is 0.147 e. The molecular weight excluding hydrogens is 288 g/mol. The van der Waals surface area contributed by atoms with Gasteiger partial charge in [-0.15, -0.1) is 0 Å². The molecule has 3 rings (SSSR count). The second-order valence-electron chi connectivity index (χ2n) is 7.42. The van der Waals surface area contributed by atoms with Crippen LogP contribution in [0.25, 0.3) is 0 Å². The van der Waals surface area contributed by atoms with E-state index in [2.05, 4.69) is 43.0 Å². The van der Waals surface area contributed by atoms with Crippen molar-refractivity contribution in [2.45, 2.75) is 71.1 Å². The summed E-state index contributed by atoms with van der Waals surface area (Å²) in [7, 11) is 2.11. The summed E-state index contributed by atoms with van der Waals surface area (Å²) < 4.78 is 0. The van der Waals surface area contributed by atoms with Gasteiger partial charge in [0.2, 0.25) is 0 Å². The van der Waals surface area contributed by atoms with Gasteiger partial charge in [0.25, 0.3) is 0 Å². The second kappa shape index (κ2) is 8.60. The van der Waals surface area contributed by atoms with Crippen LogP contribution in [0.5, 0.6) is 0 Å². The molecule has 5 heteroatoms. The van der Waals surface area contributed by atoms with Crippen molar-refractivity contribution in [2.75, 3.05) is 18.5 Å². The quantitative estimate of drug-likeness (QED) is 0.896. The molecule has 2 heterocycles. The fourth-order valence-electron chi connectivity index (χ4n) is 2.76. The molecular formula is C18H32N4O. The first kappa shape index (κ1) is 18.1. The molecule has 0 aromatic carbocycles. The Balaban J connectivity index is 0.000000433. The highest BCUT2D eigenvalue weighted by atomic mass is 16.3. The molecule has 2 aliphatic rings. The highest BCUT2D eigenvalue weighted by Gasteiger charge is 2.25. The fourth-order valence-corrected chi connectivity index (χ4v) is 2.76. The number of anilines is 1. The number of aliphatic hydroxyl groups is 1. The van der Waals surface area contributed by atoms with E-state index in [4.69, 9.17) is 4.98 Å². The fraction of sp³-hybridized carbons (Fsp3) is 0.778. The zero-order valence-electron chi connectivity index (χ0n) is 15.0. The van der Waals surface area contributed by atoms with Crippen LogP contribution in [0.1, 0.15) is 64.6 Å². The minimum atomic E-state index is -0.218. The van der Waals surface area contributed by atoms with Crippen LogP contribution in [-0.2, 0) is 0 Å². The van der Waals surface area contributed by atoms with Gasteiger partial charge in [0.05, 0.1) is 30.2 Å². The largest absolute Gasteiger partial charge is 0.392 e. The first-order chi connectivity index (χ1) is 11.0. The van der Waals surface area contributed by atoms with Crippen molar-refractivity contribution in [1.82, 2.24) is 15.3 Å². The van der Waals surface area contributed by atoms with Crippen LogP contribution < -0.4 is 10.2 Å². The first-order valence-electron chi connectivity index (χ1n) is 8.93. The molecule has 1 aromatic heterocycles. The number of hydrogen-bond acceptors (Lipinski definition) is 5. The van der Waals surface area contributed by atoms with E-state index in [1.165, 1.54) is 19.3 Å². The molecule has 1 aliphatic heterocycles. The molecule has 0 spiro atoms. The average Bonchev–Trinajstić information content (AvgIpc) is 2.46. The van der Waals surface area contributed by atoms with Crippen molar-refractivity contribution >= 4 is 5.82 Å².